The summed E-state index contributed by atoms with van der Waals surface area (Å²) in [6.07, 6.45) is -1.59. The van der Waals surface area contributed by atoms with Gasteiger partial charge in [-0.05, 0) is 24.3 Å². The Hall–Kier alpha value is -2.08. The molecule has 0 aliphatic rings. The van der Waals surface area contributed by atoms with Crippen LogP contribution in [-0.4, -0.2) is 10.1 Å². The van der Waals surface area contributed by atoms with Crippen molar-refractivity contribution in [3.05, 3.63) is 53.9 Å². The molecule has 0 radical (unpaired) electrons. The molecule has 2 aromatic rings. The first-order valence-corrected chi connectivity index (χ1v) is 5.39. The summed E-state index contributed by atoms with van der Waals surface area (Å²) in [4.78, 5) is 3.79. The number of aliphatic hydroxyl groups excluding tert-OH is 1. The number of ether oxygens (including phenoxy) is 1. The molecule has 3 nitrogen and oxygen atoms in total. The number of halogens is 3. The van der Waals surface area contributed by atoms with E-state index < -0.39 is 11.7 Å². The summed E-state index contributed by atoms with van der Waals surface area (Å²) in [6.45, 7) is -0.303. The van der Waals surface area contributed by atoms with Crippen LogP contribution in [0.1, 0.15) is 11.1 Å². The van der Waals surface area contributed by atoms with Crippen molar-refractivity contribution in [2.75, 3.05) is 0 Å². The molecule has 1 heterocycles. The fourth-order valence-electron chi connectivity index (χ4n) is 1.50. The third-order valence-corrected chi connectivity index (χ3v) is 2.42. The van der Waals surface area contributed by atoms with E-state index in [0.29, 0.717) is 5.56 Å². The maximum Gasteiger partial charge on any atom is 0.416 e. The zero-order valence-corrected chi connectivity index (χ0v) is 9.69. The van der Waals surface area contributed by atoms with Gasteiger partial charge in [-0.3, -0.25) is 4.98 Å². The molecule has 100 valence electrons. The monoisotopic (exact) mass is 269 g/mol. The SMILES string of the molecule is OCc1cnccc1Oc1cccc(C(F)(F)F)c1. The lowest BCUT2D eigenvalue weighted by atomic mass is 10.2. The number of benzene rings is 1. The van der Waals surface area contributed by atoms with Gasteiger partial charge in [0.05, 0.1) is 12.2 Å². The topological polar surface area (TPSA) is 42.4 Å². The number of rotatable bonds is 3. The van der Waals surface area contributed by atoms with Crippen molar-refractivity contribution in [2.24, 2.45) is 0 Å². The van der Waals surface area contributed by atoms with Crippen LogP contribution < -0.4 is 4.74 Å². The Kier molecular flexibility index (Phi) is 3.71. The number of alkyl halides is 3. The van der Waals surface area contributed by atoms with Crippen LogP contribution in [0.2, 0.25) is 0 Å². The standard InChI is InChI=1S/C13H10F3NO2/c14-13(15,16)10-2-1-3-11(6-10)19-12-4-5-17-7-9(12)8-18/h1-7,18H,8H2. The molecule has 19 heavy (non-hydrogen) atoms. The van der Waals surface area contributed by atoms with Gasteiger partial charge in [0.1, 0.15) is 11.5 Å². The molecule has 2 rings (SSSR count). The highest BCUT2D eigenvalue weighted by Gasteiger charge is 2.30. The summed E-state index contributed by atoms with van der Waals surface area (Å²) in [5, 5.41) is 9.08. The van der Waals surface area contributed by atoms with Gasteiger partial charge < -0.3 is 9.84 Å². The van der Waals surface area contributed by atoms with Crippen molar-refractivity contribution in [1.29, 1.82) is 0 Å². The van der Waals surface area contributed by atoms with Crippen molar-refractivity contribution in [2.45, 2.75) is 12.8 Å². The minimum Gasteiger partial charge on any atom is -0.457 e. The second-order valence-corrected chi connectivity index (χ2v) is 3.77. The third kappa shape index (κ3) is 3.23. The molecular formula is C13H10F3NO2. The lowest BCUT2D eigenvalue weighted by Crippen LogP contribution is -2.04. The van der Waals surface area contributed by atoms with E-state index in [1.54, 1.807) is 0 Å². The highest BCUT2D eigenvalue weighted by molar-refractivity contribution is 5.37. The van der Waals surface area contributed by atoms with Gasteiger partial charge in [0.25, 0.3) is 0 Å². The molecule has 0 bridgehead atoms. The molecule has 0 aliphatic carbocycles. The maximum atomic E-state index is 12.5. The molecule has 6 heteroatoms. The molecule has 0 saturated heterocycles. The first kappa shape index (κ1) is 13.4. The van der Waals surface area contributed by atoms with E-state index in [-0.39, 0.29) is 18.1 Å². The maximum absolute atomic E-state index is 12.5. The Balaban J connectivity index is 2.29. The average molecular weight is 269 g/mol. The van der Waals surface area contributed by atoms with Crippen LogP contribution in [0.25, 0.3) is 0 Å². The normalized spacial score (nSPS) is 11.4. The lowest BCUT2D eigenvalue weighted by Gasteiger charge is -2.11. The molecule has 0 amide bonds. The van der Waals surface area contributed by atoms with Crippen LogP contribution in [0.4, 0.5) is 13.2 Å². The Morgan fingerprint density at radius 2 is 2.00 bits per heavy atom. The van der Waals surface area contributed by atoms with Crippen LogP contribution in [0.5, 0.6) is 11.5 Å². The number of hydrogen-bond acceptors (Lipinski definition) is 3. The highest BCUT2D eigenvalue weighted by Crippen LogP contribution is 2.33. The summed E-state index contributed by atoms with van der Waals surface area (Å²) in [5.74, 6) is 0.326. The number of pyridine rings is 1. The lowest BCUT2D eigenvalue weighted by molar-refractivity contribution is -0.137. The summed E-state index contributed by atoms with van der Waals surface area (Å²) in [6, 6.07) is 6.02. The van der Waals surface area contributed by atoms with E-state index in [1.807, 2.05) is 0 Å². The minimum absolute atomic E-state index is 0.0516. The van der Waals surface area contributed by atoms with E-state index in [9.17, 15) is 13.2 Å². The van der Waals surface area contributed by atoms with Crippen LogP contribution in [0, 0.1) is 0 Å². The first-order valence-electron chi connectivity index (χ1n) is 5.39. The van der Waals surface area contributed by atoms with Crippen LogP contribution in [0.15, 0.2) is 42.7 Å². The number of nitrogens with zero attached hydrogens (tertiary/aromatic N) is 1. The van der Waals surface area contributed by atoms with Crippen molar-refractivity contribution >= 4 is 0 Å². The second kappa shape index (κ2) is 5.27. The smallest absolute Gasteiger partial charge is 0.416 e. The molecule has 0 saturated carbocycles. The van der Waals surface area contributed by atoms with Gasteiger partial charge in [0.15, 0.2) is 0 Å². The molecule has 0 spiro atoms. The Bertz CT molecular complexity index is 570. The molecule has 0 atom stereocenters. The molecule has 1 N–H and O–H groups in total. The summed E-state index contributed by atoms with van der Waals surface area (Å²) < 4.78 is 43.0. The van der Waals surface area contributed by atoms with E-state index in [1.165, 1.54) is 30.6 Å². The van der Waals surface area contributed by atoms with E-state index >= 15 is 0 Å². The predicted molar refractivity (Wildman–Crippen MR) is 61.7 cm³/mol. The van der Waals surface area contributed by atoms with Crippen LogP contribution in [-0.2, 0) is 12.8 Å². The predicted octanol–water partition coefficient (Wildman–Crippen LogP) is 3.39. The van der Waals surface area contributed by atoms with Crippen molar-refractivity contribution in [1.82, 2.24) is 4.98 Å². The summed E-state index contributed by atoms with van der Waals surface area (Å²) >= 11 is 0. The molecule has 0 aliphatic heterocycles. The van der Waals surface area contributed by atoms with E-state index in [2.05, 4.69) is 4.98 Å². The van der Waals surface area contributed by atoms with Crippen LogP contribution >= 0.6 is 0 Å². The van der Waals surface area contributed by atoms with Gasteiger partial charge in [0, 0.05) is 18.0 Å². The van der Waals surface area contributed by atoms with Crippen molar-refractivity contribution in [3.63, 3.8) is 0 Å². The quantitative estimate of drug-likeness (QED) is 0.928. The zero-order valence-electron chi connectivity index (χ0n) is 9.69. The number of hydrogen-bond donors (Lipinski definition) is 1. The number of aliphatic hydroxyl groups is 1. The van der Waals surface area contributed by atoms with Crippen molar-refractivity contribution in [3.8, 4) is 11.5 Å². The summed E-state index contributed by atoms with van der Waals surface area (Å²) in [7, 11) is 0. The molecule has 1 aromatic carbocycles. The zero-order chi connectivity index (χ0) is 13.9. The molecule has 1 aromatic heterocycles. The fraction of sp³-hybridized carbons (Fsp3) is 0.154. The van der Waals surface area contributed by atoms with Gasteiger partial charge in [0.2, 0.25) is 0 Å². The fourth-order valence-corrected chi connectivity index (χ4v) is 1.50. The van der Waals surface area contributed by atoms with Crippen LogP contribution in [0.3, 0.4) is 0 Å². The highest BCUT2D eigenvalue weighted by atomic mass is 19.4. The largest absolute Gasteiger partial charge is 0.457 e. The average Bonchev–Trinajstić information content (AvgIpc) is 2.39. The molecule has 0 unspecified atom stereocenters. The molecule has 0 fully saturated rings. The van der Waals surface area contributed by atoms with E-state index in [4.69, 9.17) is 9.84 Å². The Morgan fingerprint density at radius 1 is 1.21 bits per heavy atom. The van der Waals surface area contributed by atoms with Gasteiger partial charge in [-0.2, -0.15) is 13.2 Å². The van der Waals surface area contributed by atoms with Gasteiger partial charge in [-0.25, -0.2) is 0 Å². The van der Waals surface area contributed by atoms with E-state index in [0.717, 1.165) is 12.1 Å². The molecular weight excluding hydrogens is 259 g/mol. The Morgan fingerprint density at radius 3 is 2.68 bits per heavy atom. The van der Waals surface area contributed by atoms with Gasteiger partial charge in [-0.1, -0.05) is 6.07 Å². The van der Waals surface area contributed by atoms with Gasteiger partial charge in [-0.15, -0.1) is 0 Å². The minimum atomic E-state index is -4.42. The third-order valence-electron chi connectivity index (χ3n) is 2.42. The number of aromatic nitrogens is 1. The first-order chi connectivity index (χ1) is 9.00. The van der Waals surface area contributed by atoms with Gasteiger partial charge >= 0.3 is 6.18 Å². The summed E-state index contributed by atoms with van der Waals surface area (Å²) in [5.41, 5.74) is -0.385. The van der Waals surface area contributed by atoms with Crippen molar-refractivity contribution < 1.29 is 23.0 Å². The second-order valence-electron chi connectivity index (χ2n) is 3.77. The Labute approximate surface area is 107 Å².